The summed E-state index contributed by atoms with van der Waals surface area (Å²) in [4.78, 5) is 15.7. The molecule has 5 heteroatoms. The average molecular weight is 405 g/mol. The number of hydrogen-bond donors (Lipinski definition) is 1. The molecule has 1 aromatic carbocycles. The number of nitrogens with one attached hydrogen (secondary N) is 1. The van der Waals surface area contributed by atoms with Crippen LogP contribution in [-0.2, 0) is 0 Å². The Labute approximate surface area is 177 Å². The van der Waals surface area contributed by atoms with Crippen molar-refractivity contribution in [2.75, 3.05) is 13.7 Å². The van der Waals surface area contributed by atoms with Gasteiger partial charge in [0, 0.05) is 29.2 Å². The molecule has 5 nitrogen and oxygen atoms in total. The Bertz CT molecular complexity index is 681. The molecule has 29 heavy (non-hydrogen) atoms. The quantitative estimate of drug-likeness (QED) is 0.660. The van der Waals surface area contributed by atoms with Gasteiger partial charge in [-0.1, -0.05) is 13.3 Å². The molecule has 1 saturated heterocycles. The molecule has 1 aliphatic heterocycles. The van der Waals surface area contributed by atoms with E-state index in [-0.39, 0.29) is 29.1 Å². The first-order chi connectivity index (χ1) is 13.5. The fourth-order valence-electron chi connectivity index (χ4n) is 4.58. The fourth-order valence-corrected chi connectivity index (χ4v) is 4.58. The van der Waals surface area contributed by atoms with Gasteiger partial charge in [0.1, 0.15) is 0 Å². The molecular formula is C24H40N2O3. The highest BCUT2D eigenvalue weighted by molar-refractivity contribution is 5.95. The molecule has 0 saturated carbocycles. The predicted octanol–water partition coefficient (Wildman–Crippen LogP) is 5.03. The van der Waals surface area contributed by atoms with Gasteiger partial charge in [-0.05, 0) is 79.0 Å². The smallest absolute Gasteiger partial charge is 0.254 e. The number of benzene rings is 1. The van der Waals surface area contributed by atoms with E-state index < -0.39 is 0 Å². The second-order valence-electron chi connectivity index (χ2n) is 9.84. The summed E-state index contributed by atoms with van der Waals surface area (Å²) in [5.41, 5.74) is 0.636. The van der Waals surface area contributed by atoms with Crippen LogP contribution in [-0.4, -0.2) is 47.7 Å². The summed E-state index contributed by atoms with van der Waals surface area (Å²) >= 11 is 0. The molecule has 2 rings (SSSR count). The Balaban J connectivity index is 2.33. The van der Waals surface area contributed by atoms with E-state index in [1.165, 1.54) is 0 Å². The average Bonchev–Trinajstić information content (AvgIpc) is 2.59. The van der Waals surface area contributed by atoms with Crippen LogP contribution in [0.3, 0.4) is 0 Å². The van der Waals surface area contributed by atoms with Gasteiger partial charge in [-0.2, -0.15) is 0 Å². The summed E-state index contributed by atoms with van der Waals surface area (Å²) in [6, 6.07) is 5.73. The molecule has 1 fully saturated rings. The highest BCUT2D eigenvalue weighted by atomic mass is 16.5. The number of methoxy groups -OCH3 is 1. The van der Waals surface area contributed by atoms with Crippen LogP contribution in [0.1, 0.15) is 84.5 Å². The Morgan fingerprint density at radius 2 is 1.79 bits per heavy atom. The lowest BCUT2D eigenvalue weighted by Crippen LogP contribution is -2.62. The van der Waals surface area contributed by atoms with Crippen molar-refractivity contribution in [3.8, 4) is 11.5 Å². The van der Waals surface area contributed by atoms with E-state index >= 15 is 0 Å². The number of nitrogens with zero attached hydrogens (tertiary/aromatic N) is 1. The number of unbranched alkanes of at least 4 members (excludes halogenated alkanes) is 1. The normalized spacial score (nSPS) is 18.5. The van der Waals surface area contributed by atoms with E-state index in [9.17, 15) is 4.79 Å². The van der Waals surface area contributed by atoms with Gasteiger partial charge < -0.3 is 19.7 Å². The molecule has 0 unspecified atom stereocenters. The fraction of sp³-hybridized carbons (Fsp3) is 0.708. The molecule has 0 radical (unpaired) electrons. The lowest BCUT2D eigenvalue weighted by Gasteiger charge is -2.49. The highest BCUT2D eigenvalue weighted by Crippen LogP contribution is 2.34. The maximum atomic E-state index is 13.6. The van der Waals surface area contributed by atoms with Crippen molar-refractivity contribution in [1.29, 1.82) is 0 Å². The maximum absolute atomic E-state index is 13.6. The number of ether oxygens (including phenoxy) is 2. The van der Waals surface area contributed by atoms with Crippen molar-refractivity contribution >= 4 is 5.91 Å². The number of piperidine rings is 1. The van der Waals surface area contributed by atoms with E-state index in [1.807, 2.05) is 32.0 Å². The molecule has 1 aromatic rings. The standard InChI is InChI=1S/C24H40N2O3/c1-9-10-13-26(19-15-23(4,5)25-24(6,7)16-19)22(27)18-11-12-20(29-17(2)3)21(14-18)28-8/h11-12,14,17,19,25H,9-10,13,15-16H2,1-8H3. The van der Waals surface area contributed by atoms with Crippen LogP contribution in [0, 0.1) is 0 Å². The van der Waals surface area contributed by atoms with Crippen LogP contribution >= 0.6 is 0 Å². The topological polar surface area (TPSA) is 50.8 Å². The Kier molecular flexibility index (Phi) is 7.61. The molecule has 1 heterocycles. The number of carbonyl (C=O) groups excluding carboxylic acids is 1. The number of hydrogen-bond acceptors (Lipinski definition) is 4. The molecule has 1 amide bonds. The molecule has 0 atom stereocenters. The third-order valence-electron chi connectivity index (χ3n) is 5.40. The number of carbonyl (C=O) groups is 1. The second kappa shape index (κ2) is 9.38. The monoisotopic (exact) mass is 404 g/mol. The van der Waals surface area contributed by atoms with Crippen LogP contribution in [0.25, 0.3) is 0 Å². The summed E-state index contributed by atoms with van der Waals surface area (Å²) in [6.07, 6.45) is 3.99. The van der Waals surface area contributed by atoms with E-state index in [0.29, 0.717) is 17.1 Å². The molecule has 164 valence electrons. The molecule has 0 spiro atoms. The lowest BCUT2D eigenvalue weighted by atomic mass is 9.78. The summed E-state index contributed by atoms with van der Waals surface area (Å²) in [5, 5.41) is 3.72. The third kappa shape index (κ3) is 6.36. The molecule has 0 aliphatic carbocycles. The van der Waals surface area contributed by atoms with Crippen molar-refractivity contribution in [2.45, 2.75) is 97.4 Å². The van der Waals surface area contributed by atoms with Crippen LogP contribution < -0.4 is 14.8 Å². The van der Waals surface area contributed by atoms with Gasteiger partial charge in [-0.3, -0.25) is 4.79 Å². The van der Waals surface area contributed by atoms with E-state index in [0.717, 1.165) is 32.2 Å². The zero-order valence-corrected chi connectivity index (χ0v) is 19.6. The zero-order valence-electron chi connectivity index (χ0n) is 19.6. The van der Waals surface area contributed by atoms with Gasteiger partial charge in [0.25, 0.3) is 5.91 Å². The van der Waals surface area contributed by atoms with Gasteiger partial charge in [0.15, 0.2) is 11.5 Å². The summed E-state index contributed by atoms with van der Waals surface area (Å²) in [6.45, 7) is 15.8. The summed E-state index contributed by atoms with van der Waals surface area (Å²) < 4.78 is 11.3. The van der Waals surface area contributed by atoms with Crippen molar-refractivity contribution in [1.82, 2.24) is 10.2 Å². The summed E-state index contributed by atoms with van der Waals surface area (Å²) in [5.74, 6) is 1.35. The minimum Gasteiger partial charge on any atom is -0.493 e. The van der Waals surface area contributed by atoms with Crippen LogP contribution in [0.2, 0.25) is 0 Å². The van der Waals surface area contributed by atoms with Gasteiger partial charge in [0.05, 0.1) is 13.2 Å². The summed E-state index contributed by atoms with van der Waals surface area (Å²) in [7, 11) is 1.61. The maximum Gasteiger partial charge on any atom is 0.254 e. The van der Waals surface area contributed by atoms with Gasteiger partial charge in [0.2, 0.25) is 0 Å². The van der Waals surface area contributed by atoms with Crippen molar-refractivity contribution in [3.63, 3.8) is 0 Å². The molecule has 1 aliphatic rings. The minimum atomic E-state index is -0.0101. The first-order valence-electron chi connectivity index (χ1n) is 10.9. The lowest BCUT2D eigenvalue weighted by molar-refractivity contribution is 0.0441. The molecule has 1 N–H and O–H groups in total. The number of amides is 1. The Morgan fingerprint density at radius 3 is 2.31 bits per heavy atom. The van der Waals surface area contributed by atoms with Crippen LogP contribution in [0.5, 0.6) is 11.5 Å². The Morgan fingerprint density at radius 1 is 1.17 bits per heavy atom. The second-order valence-corrected chi connectivity index (χ2v) is 9.84. The van der Waals surface area contributed by atoms with Crippen LogP contribution in [0.15, 0.2) is 18.2 Å². The van der Waals surface area contributed by atoms with Crippen LogP contribution in [0.4, 0.5) is 0 Å². The first-order valence-corrected chi connectivity index (χ1v) is 10.9. The SMILES string of the molecule is CCCCN(C(=O)c1ccc(OC(C)C)c(OC)c1)C1CC(C)(C)NC(C)(C)C1. The first kappa shape index (κ1) is 23.5. The van der Waals surface area contributed by atoms with Crippen molar-refractivity contribution in [2.24, 2.45) is 0 Å². The minimum absolute atomic E-state index is 0.0101. The Hall–Kier alpha value is -1.75. The number of rotatable bonds is 8. The highest BCUT2D eigenvalue weighted by Gasteiger charge is 2.41. The predicted molar refractivity (Wildman–Crippen MR) is 119 cm³/mol. The molecule has 0 aromatic heterocycles. The molecular weight excluding hydrogens is 364 g/mol. The van der Waals surface area contributed by atoms with E-state index in [1.54, 1.807) is 7.11 Å². The molecule has 0 bridgehead atoms. The van der Waals surface area contributed by atoms with Gasteiger partial charge >= 0.3 is 0 Å². The zero-order chi connectivity index (χ0) is 21.8. The van der Waals surface area contributed by atoms with E-state index in [4.69, 9.17) is 9.47 Å². The van der Waals surface area contributed by atoms with Gasteiger partial charge in [-0.15, -0.1) is 0 Å². The van der Waals surface area contributed by atoms with Crippen molar-refractivity contribution in [3.05, 3.63) is 23.8 Å². The van der Waals surface area contributed by atoms with E-state index in [2.05, 4.69) is 44.8 Å². The third-order valence-corrected chi connectivity index (χ3v) is 5.40. The van der Waals surface area contributed by atoms with Crippen molar-refractivity contribution < 1.29 is 14.3 Å². The largest absolute Gasteiger partial charge is 0.493 e. The van der Waals surface area contributed by atoms with Gasteiger partial charge in [-0.25, -0.2) is 0 Å².